The first-order valence-corrected chi connectivity index (χ1v) is 6.05. The Morgan fingerprint density at radius 1 is 1.47 bits per heavy atom. The summed E-state index contributed by atoms with van der Waals surface area (Å²) in [6, 6.07) is 6.25. The van der Waals surface area contributed by atoms with Crippen molar-refractivity contribution in [2.24, 2.45) is 0 Å². The summed E-state index contributed by atoms with van der Waals surface area (Å²) in [4.78, 5) is 10.1. The van der Waals surface area contributed by atoms with Crippen LogP contribution in [0.5, 0.6) is 0 Å². The molecule has 106 valence electrons. The molecule has 0 aliphatic carbocycles. The normalized spacial score (nSPS) is 22.1. The first-order chi connectivity index (χ1) is 8.93. The molecule has 1 aliphatic heterocycles. The van der Waals surface area contributed by atoms with Crippen LogP contribution < -0.4 is 5.32 Å². The number of β-amino-alcohol motifs (C(OH)–C–C–N with tert-alkyl or cyclic N) is 1. The number of hydrogen-bond acceptors (Lipinski definition) is 7. The summed E-state index contributed by atoms with van der Waals surface area (Å²) in [6.45, 7) is 0.143. The molecule has 8 heteroatoms. The molecule has 1 aromatic rings. The Morgan fingerprint density at radius 3 is 2.42 bits per heavy atom. The van der Waals surface area contributed by atoms with Gasteiger partial charge < -0.3 is 15.3 Å². The second-order valence-corrected chi connectivity index (χ2v) is 4.68. The van der Waals surface area contributed by atoms with Crippen LogP contribution in [0.4, 0.5) is 5.69 Å². The van der Waals surface area contributed by atoms with Gasteiger partial charge in [-0.2, -0.15) is 12.6 Å². The third-order valence-corrected chi connectivity index (χ3v) is 2.95. The maximum atomic E-state index is 10.5. The summed E-state index contributed by atoms with van der Waals surface area (Å²) in [7, 11) is 0. The highest BCUT2D eigenvalue weighted by molar-refractivity contribution is 7.80. The lowest BCUT2D eigenvalue weighted by atomic mass is 10.1. The van der Waals surface area contributed by atoms with E-state index in [1.54, 1.807) is 18.2 Å². The second kappa shape index (κ2) is 6.83. The second-order valence-electron chi connectivity index (χ2n) is 4.06. The highest BCUT2D eigenvalue weighted by Gasteiger charge is 2.38. The van der Waals surface area contributed by atoms with Crippen molar-refractivity contribution in [1.82, 2.24) is 5.32 Å². The van der Waals surface area contributed by atoms with Crippen molar-refractivity contribution in [1.29, 1.82) is 0 Å². The van der Waals surface area contributed by atoms with E-state index in [0.717, 1.165) is 0 Å². The molecule has 1 saturated heterocycles. The van der Waals surface area contributed by atoms with Crippen LogP contribution in [-0.4, -0.2) is 45.7 Å². The van der Waals surface area contributed by atoms with Crippen molar-refractivity contribution in [3.63, 3.8) is 0 Å². The van der Waals surface area contributed by atoms with Gasteiger partial charge in [-0.3, -0.25) is 15.4 Å². The molecule has 0 spiro atoms. The van der Waals surface area contributed by atoms with Gasteiger partial charge in [-0.1, -0.05) is 18.2 Å². The van der Waals surface area contributed by atoms with E-state index in [4.69, 9.17) is 15.3 Å². The largest absolute Gasteiger partial charge is 0.395 e. The Kier molecular flexibility index (Phi) is 5.70. The van der Waals surface area contributed by atoms with Crippen LogP contribution >= 0.6 is 12.6 Å². The van der Waals surface area contributed by atoms with E-state index >= 15 is 0 Å². The molecule has 1 aromatic carbocycles. The minimum absolute atomic E-state index is 0.00319. The molecule has 19 heavy (non-hydrogen) atoms. The van der Waals surface area contributed by atoms with Crippen molar-refractivity contribution in [2.75, 3.05) is 19.8 Å². The number of nitro groups is 1. The summed E-state index contributed by atoms with van der Waals surface area (Å²) < 4.78 is 0. The molecular formula is C11H16N2O5S. The zero-order valence-corrected chi connectivity index (χ0v) is 11.0. The van der Waals surface area contributed by atoms with Crippen LogP contribution in [-0.2, 0) is 0 Å². The molecule has 4 N–H and O–H groups in total. The fourth-order valence-corrected chi connectivity index (χ4v) is 1.47. The summed E-state index contributed by atoms with van der Waals surface area (Å²) in [5, 5.41) is 38.1. The molecular weight excluding hydrogens is 272 g/mol. The first-order valence-electron chi connectivity index (χ1n) is 5.54. The molecule has 0 radical (unpaired) electrons. The number of para-hydroxylation sites is 1. The van der Waals surface area contributed by atoms with Gasteiger partial charge in [0.2, 0.25) is 0 Å². The highest BCUT2D eigenvalue weighted by Crippen LogP contribution is 2.28. The molecule has 0 bridgehead atoms. The molecule has 0 aromatic heterocycles. The SMILES string of the molecule is O=[N+]([O-])c1ccccc1C(S)CO.OCC1(O)CN1. The van der Waals surface area contributed by atoms with Gasteiger partial charge in [0.25, 0.3) is 5.69 Å². The lowest BCUT2D eigenvalue weighted by Crippen LogP contribution is -2.18. The lowest BCUT2D eigenvalue weighted by Gasteiger charge is -2.06. The third kappa shape index (κ3) is 4.77. The minimum atomic E-state index is -0.903. The van der Waals surface area contributed by atoms with Gasteiger partial charge in [0.1, 0.15) is 0 Å². The number of rotatable bonds is 4. The van der Waals surface area contributed by atoms with Crippen LogP contribution in [0, 0.1) is 10.1 Å². The Balaban J connectivity index is 0.000000250. The zero-order valence-electron chi connectivity index (χ0n) is 10.1. The molecule has 2 atom stereocenters. The van der Waals surface area contributed by atoms with Gasteiger partial charge in [0.05, 0.1) is 23.4 Å². The maximum absolute atomic E-state index is 10.5. The predicted octanol–water partition coefficient (Wildman–Crippen LogP) is -0.171. The highest BCUT2D eigenvalue weighted by atomic mass is 32.1. The fraction of sp³-hybridized carbons (Fsp3) is 0.455. The number of nitrogens with zero attached hydrogens (tertiary/aromatic N) is 1. The number of thiol groups is 1. The van der Waals surface area contributed by atoms with E-state index in [-0.39, 0.29) is 18.9 Å². The van der Waals surface area contributed by atoms with E-state index in [2.05, 4.69) is 17.9 Å². The predicted molar refractivity (Wildman–Crippen MR) is 71.9 cm³/mol. The van der Waals surface area contributed by atoms with Crippen LogP contribution in [0.25, 0.3) is 0 Å². The summed E-state index contributed by atoms with van der Waals surface area (Å²) >= 11 is 4.03. The maximum Gasteiger partial charge on any atom is 0.273 e. The first kappa shape index (κ1) is 15.9. The van der Waals surface area contributed by atoms with Gasteiger partial charge in [0.15, 0.2) is 5.72 Å². The number of nitrogens with one attached hydrogen (secondary N) is 1. The Labute approximate surface area is 115 Å². The number of hydrogen-bond donors (Lipinski definition) is 5. The van der Waals surface area contributed by atoms with Gasteiger partial charge in [0, 0.05) is 18.2 Å². The molecule has 1 heterocycles. The fourth-order valence-electron chi connectivity index (χ4n) is 1.25. The minimum Gasteiger partial charge on any atom is -0.395 e. The molecule has 1 fully saturated rings. The van der Waals surface area contributed by atoms with Gasteiger partial charge in [-0.15, -0.1) is 0 Å². The summed E-state index contributed by atoms with van der Waals surface area (Å²) in [5.74, 6) is 0. The van der Waals surface area contributed by atoms with Crippen molar-refractivity contribution < 1.29 is 20.2 Å². The third-order valence-electron chi connectivity index (χ3n) is 2.51. The van der Waals surface area contributed by atoms with Gasteiger partial charge >= 0.3 is 0 Å². The topological polar surface area (TPSA) is 126 Å². The van der Waals surface area contributed by atoms with E-state index in [1.807, 2.05) is 0 Å². The quantitative estimate of drug-likeness (QED) is 0.227. The summed E-state index contributed by atoms with van der Waals surface area (Å²) in [5.41, 5.74) is -0.463. The van der Waals surface area contributed by atoms with Crippen LogP contribution in [0.3, 0.4) is 0 Å². The molecule has 0 saturated carbocycles. The molecule has 7 nitrogen and oxygen atoms in total. The standard InChI is InChI=1S/C8H9NO3S.C3H7NO2/c10-5-8(13)6-3-1-2-4-7(6)9(11)12;5-2-3(6)1-4-3/h1-4,8,10,13H,5H2;4-6H,1-2H2. The Bertz CT molecular complexity index is 439. The zero-order chi connectivity index (χ0) is 14.5. The average Bonchev–Trinajstić information content (AvgIpc) is 3.17. The number of benzene rings is 1. The van der Waals surface area contributed by atoms with Crippen molar-refractivity contribution >= 4 is 18.3 Å². The molecule has 0 amide bonds. The van der Waals surface area contributed by atoms with Gasteiger partial charge in [-0.25, -0.2) is 0 Å². The van der Waals surface area contributed by atoms with E-state index < -0.39 is 15.9 Å². The van der Waals surface area contributed by atoms with E-state index in [1.165, 1.54) is 6.07 Å². The molecule has 2 unspecified atom stereocenters. The number of aliphatic hydroxyl groups excluding tert-OH is 2. The Hall–Kier alpha value is -1.19. The lowest BCUT2D eigenvalue weighted by molar-refractivity contribution is -0.385. The van der Waals surface area contributed by atoms with Crippen molar-refractivity contribution in [2.45, 2.75) is 11.0 Å². The number of aliphatic hydroxyl groups is 3. The van der Waals surface area contributed by atoms with Crippen molar-refractivity contribution in [3.8, 4) is 0 Å². The monoisotopic (exact) mass is 288 g/mol. The van der Waals surface area contributed by atoms with E-state index in [0.29, 0.717) is 12.1 Å². The summed E-state index contributed by atoms with van der Waals surface area (Å²) in [6.07, 6.45) is 0. The number of nitro benzene ring substituents is 1. The molecule has 1 aliphatic rings. The van der Waals surface area contributed by atoms with Crippen LogP contribution in [0.15, 0.2) is 24.3 Å². The smallest absolute Gasteiger partial charge is 0.273 e. The van der Waals surface area contributed by atoms with Crippen LogP contribution in [0.1, 0.15) is 10.8 Å². The van der Waals surface area contributed by atoms with Gasteiger partial charge in [-0.05, 0) is 0 Å². The van der Waals surface area contributed by atoms with E-state index in [9.17, 15) is 10.1 Å². The average molecular weight is 288 g/mol. The molecule has 2 rings (SSSR count). The van der Waals surface area contributed by atoms with Crippen LogP contribution in [0.2, 0.25) is 0 Å². The van der Waals surface area contributed by atoms with Crippen molar-refractivity contribution in [3.05, 3.63) is 39.9 Å². The Morgan fingerprint density at radius 2 is 2.05 bits per heavy atom.